The fourth-order valence-corrected chi connectivity index (χ4v) is 3.81. The summed E-state index contributed by atoms with van der Waals surface area (Å²) >= 11 is 0. The van der Waals surface area contributed by atoms with Gasteiger partial charge >= 0.3 is 0 Å². The van der Waals surface area contributed by atoms with E-state index in [9.17, 15) is 14.7 Å². The fraction of sp³-hybridized carbons (Fsp3) is 0.333. The average molecular weight is 409 g/mol. The molecule has 0 fully saturated rings. The number of carbonyl (C=O) groups excluding carboxylic acids is 2. The molecule has 2 aromatic carbocycles. The van der Waals surface area contributed by atoms with Gasteiger partial charge in [0.2, 0.25) is 0 Å². The van der Waals surface area contributed by atoms with Crippen LogP contribution in [-0.2, 0) is 22.4 Å². The zero-order chi connectivity index (χ0) is 21.8. The van der Waals surface area contributed by atoms with Gasteiger partial charge in [-0.2, -0.15) is 0 Å². The first-order valence-electron chi connectivity index (χ1n) is 9.96. The molecule has 1 atom stereocenters. The topological polar surface area (TPSA) is 76.1 Å². The van der Waals surface area contributed by atoms with Gasteiger partial charge in [-0.1, -0.05) is 37.3 Å². The van der Waals surface area contributed by atoms with Crippen molar-refractivity contribution in [3.8, 4) is 11.5 Å². The minimum atomic E-state index is -0.596. The predicted molar refractivity (Wildman–Crippen MR) is 114 cm³/mol. The summed E-state index contributed by atoms with van der Waals surface area (Å²) in [5.74, 6) is -0.0472. The Balaban J connectivity index is 1.89. The Morgan fingerprint density at radius 3 is 2.23 bits per heavy atom. The molecule has 0 unspecified atom stereocenters. The molecule has 2 aromatic rings. The van der Waals surface area contributed by atoms with Gasteiger partial charge in [-0.15, -0.1) is 0 Å². The quantitative estimate of drug-likeness (QED) is 0.718. The van der Waals surface area contributed by atoms with Gasteiger partial charge in [-0.05, 0) is 48.6 Å². The molecule has 0 aliphatic carbocycles. The van der Waals surface area contributed by atoms with Crippen LogP contribution >= 0.6 is 0 Å². The Bertz CT molecular complexity index is 978. The first kappa shape index (κ1) is 21.4. The van der Waals surface area contributed by atoms with Crippen LogP contribution in [0, 0.1) is 0 Å². The number of aliphatic hydroxyl groups excluding tert-OH is 1. The highest BCUT2D eigenvalue weighted by Gasteiger charge is 2.42. The highest BCUT2D eigenvalue weighted by Crippen LogP contribution is 2.38. The molecule has 0 radical (unpaired) electrons. The van der Waals surface area contributed by atoms with Crippen molar-refractivity contribution in [1.29, 1.82) is 0 Å². The fourth-order valence-electron chi connectivity index (χ4n) is 3.81. The molecule has 1 aliphatic rings. The van der Waals surface area contributed by atoms with Crippen molar-refractivity contribution in [2.45, 2.75) is 32.7 Å². The van der Waals surface area contributed by atoms with E-state index in [0.717, 1.165) is 23.1 Å². The molecule has 0 saturated carbocycles. The van der Waals surface area contributed by atoms with Gasteiger partial charge in [-0.25, -0.2) is 0 Å². The van der Waals surface area contributed by atoms with Gasteiger partial charge in [0.1, 0.15) is 0 Å². The van der Waals surface area contributed by atoms with Gasteiger partial charge in [-0.3, -0.25) is 9.59 Å². The first-order valence-corrected chi connectivity index (χ1v) is 9.96. The van der Waals surface area contributed by atoms with Crippen LogP contribution in [0.25, 0.3) is 0 Å². The Hall–Kier alpha value is -3.28. The van der Waals surface area contributed by atoms with E-state index in [4.69, 9.17) is 9.47 Å². The monoisotopic (exact) mass is 409 g/mol. The molecule has 30 heavy (non-hydrogen) atoms. The number of hydrogen-bond donors (Lipinski definition) is 1. The third-order valence-corrected chi connectivity index (χ3v) is 5.48. The van der Waals surface area contributed by atoms with Crippen molar-refractivity contribution in [2.24, 2.45) is 0 Å². The van der Waals surface area contributed by atoms with Crippen LogP contribution in [0.5, 0.6) is 11.5 Å². The van der Waals surface area contributed by atoms with Crippen LogP contribution < -0.4 is 9.47 Å². The lowest BCUT2D eigenvalue weighted by Gasteiger charge is -2.27. The van der Waals surface area contributed by atoms with E-state index in [2.05, 4.69) is 6.92 Å². The van der Waals surface area contributed by atoms with Crippen LogP contribution in [0.1, 0.15) is 36.6 Å². The number of amides is 1. The molecule has 1 N–H and O–H groups in total. The molecule has 1 heterocycles. The molecule has 1 aliphatic heterocycles. The van der Waals surface area contributed by atoms with Crippen molar-refractivity contribution < 1.29 is 24.2 Å². The van der Waals surface area contributed by atoms with E-state index in [1.54, 1.807) is 19.1 Å². The highest BCUT2D eigenvalue weighted by atomic mass is 16.5. The van der Waals surface area contributed by atoms with E-state index >= 15 is 0 Å². The summed E-state index contributed by atoms with van der Waals surface area (Å²) in [6.45, 7) is 3.79. The summed E-state index contributed by atoms with van der Waals surface area (Å²) in [6.07, 6.45) is 1.43. The maximum atomic E-state index is 12.8. The van der Waals surface area contributed by atoms with Gasteiger partial charge in [0.25, 0.3) is 5.91 Å². The second kappa shape index (κ2) is 9.03. The molecule has 6 nitrogen and oxygen atoms in total. The van der Waals surface area contributed by atoms with E-state index in [1.807, 2.05) is 42.5 Å². The lowest BCUT2D eigenvalue weighted by atomic mass is 9.95. The van der Waals surface area contributed by atoms with Crippen molar-refractivity contribution in [3.63, 3.8) is 0 Å². The number of hydrogen-bond acceptors (Lipinski definition) is 5. The van der Waals surface area contributed by atoms with E-state index < -0.39 is 17.7 Å². The lowest BCUT2D eigenvalue weighted by Crippen LogP contribution is -2.33. The highest BCUT2D eigenvalue weighted by molar-refractivity contribution is 6.08. The maximum absolute atomic E-state index is 12.8. The smallest absolute Gasteiger partial charge is 0.290 e. The van der Waals surface area contributed by atoms with E-state index in [1.165, 1.54) is 6.92 Å². The van der Waals surface area contributed by atoms with Gasteiger partial charge < -0.3 is 19.5 Å². The standard InChI is InChI=1S/C24H27NO5/c1-5-16-6-9-18(10-7-16)22-21(15(2)26)23(27)24(28)25(22)13-12-17-8-11-19(29-3)20(14-17)30-4/h6-11,14,22,27H,5,12-13H2,1-4H3/t22-/m0/s1. The average Bonchev–Trinajstić information content (AvgIpc) is 3.02. The molecule has 158 valence electrons. The van der Waals surface area contributed by atoms with Gasteiger partial charge in [0, 0.05) is 6.54 Å². The summed E-state index contributed by atoms with van der Waals surface area (Å²) < 4.78 is 10.6. The van der Waals surface area contributed by atoms with Crippen molar-refractivity contribution in [1.82, 2.24) is 4.90 Å². The molecular weight excluding hydrogens is 382 g/mol. The third kappa shape index (κ3) is 4.03. The number of benzene rings is 2. The maximum Gasteiger partial charge on any atom is 0.290 e. The molecule has 0 spiro atoms. The van der Waals surface area contributed by atoms with Crippen LogP contribution in [-0.4, -0.2) is 42.5 Å². The van der Waals surface area contributed by atoms with Crippen LogP contribution in [0.2, 0.25) is 0 Å². The van der Waals surface area contributed by atoms with E-state index in [-0.39, 0.29) is 11.4 Å². The zero-order valence-electron chi connectivity index (χ0n) is 17.8. The van der Waals surface area contributed by atoms with Crippen LogP contribution in [0.15, 0.2) is 53.8 Å². The lowest BCUT2D eigenvalue weighted by molar-refractivity contribution is -0.129. The predicted octanol–water partition coefficient (Wildman–Crippen LogP) is 3.79. The summed E-state index contributed by atoms with van der Waals surface area (Å²) in [6, 6.07) is 12.8. The molecule has 3 rings (SSSR count). The number of methoxy groups -OCH3 is 2. The molecule has 1 amide bonds. The molecule has 6 heteroatoms. The third-order valence-electron chi connectivity index (χ3n) is 5.48. The Labute approximate surface area is 176 Å². The van der Waals surface area contributed by atoms with Crippen molar-refractivity contribution in [3.05, 3.63) is 70.5 Å². The minimum Gasteiger partial charge on any atom is -0.503 e. The Kier molecular flexibility index (Phi) is 6.45. The van der Waals surface area contributed by atoms with E-state index in [0.29, 0.717) is 24.5 Å². The first-order chi connectivity index (χ1) is 14.4. The summed E-state index contributed by atoms with van der Waals surface area (Å²) in [7, 11) is 3.15. The number of carbonyl (C=O) groups is 2. The number of rotatable bonds is 8. The van der Waals surface area contributed by atoms with Gasteiger partial charge in [0.15, 0.2) is 23.0 Å². The number of nitrogens with zero attached hydrogens (tertiary/aromatic N) is 1. The Morgan fingerprint density at radius 2 is 1.67 bits per heavy atom. The molecular formula is C24H27NO5. The second-order valence-electron chi connectivity index (χ2n) is 7.25. The SMILES string of the molecule is CCc1ccc([C@H]2C(C(C)=O)=C(O)C(=O)N2CCc2ccc(OC)c(OC)c2)cc1. The number of Topliss-reactive ketones (excluding diaryl/α,β-unsaturated/α-hetero) is 1. The molecule has 0 saturated heterocycles. The summed E-state index contributed by atoms with van der Waals surface area (Å²) in [5, 5.41) is 10.4. The normalized spacial score (nSPS) is 16.2. The number of ketones is 1. The second-order valence-corrected chi connectivity index (χ2v) is 7.25. The summed E-state index contributed by atoms with van der Waals surface area (Å²) in [5.41, 5.74) is 3.08. The Morgan fingerprint density at radius 1 is 1.03 bits per heavy atom. The molecule has 0 bridgehead atoms. The molecule has 0 aromatic heterocycles. The zero-order valence-corrected chi connectivity index (χ0v) is 17.8. The number of ether oxygens (including phenoxy) is 2. The summed E-state index contributed by atoms with van der Waals surface area (Å²) in [4.78, 5) is 26.6. The minimum absolute atomic E-state index is 0.150. The largest absolute Gasteiger partial charge is 0.503 e. The number of aryl methyl sites for hydroxylation is 1. The van der Waals surface area contributed by atoms with Crippen molar-refractivity contribution in [2.75, 3.05) is 20.8 Å². The van der Waals surface area contributed by atoms with Crippen LogP contribution in [0.3, 0.4) is 0 Å². The van der Waals surface area contributed by atoms with Crippen molar-refractivity contribution >= 4 is 11.7 Å². The van der Waals surface area contributed by atoms with Gasteiger partial charge in [0.05, 0.1) is 25.8 Å². The van der Waals surface area contributed by atoms with Crippen LogP contribution in [0.4, 0.5) is 0 Å². The number of aliphatic hydroxyl groups is 1.